The van der Waals surface area contributed by atoms with Gasteiger partial charge < -0.3 is 9.80 Å². The number of carbonyl (C=O) groups is 1. The predicted molar refractivity (Wildman–Crippen MR) is 97.7 cm³/mol. The summed E-state index contributed by atoms with van der Waals surface area (Å²) in [5.41, 5.74) is 4.18. The van der Waals surface area contributed by atoms with Crippen LogP contribution in [0, 0.1) is 0 Å². The monoisotopic (exact) mass is 341 g/mol. The van der Waals surface area contributed by atoms with Gasteiger partial charge in [0.05, 0.1) is 31.1 Å². The topological polar surface area (TPSA) is 24.8 Å². The molecule has 126 valence electrons. The fourth-order valence-electron chi connectivity index (χ4n) is 3.93. The fraction of sp³-hybridized carbons (Fsp3) is 0.450. The molecule has 24 heavy (non-hydrogen) atoms. The molecule has 1 aliphatic carbocycles. The molecule has 1 aromatic carbocycles. The maximum Gasteiger partial charge on any atom is 0.264 e. The second-order valence-electron chi connectivity index (χ2n) is 6.98. The van der Waals surface area contributed by atoms with Crippen molar-refractivity contribution in [2.75, 3.05) is 26.2 Å². The minimum atomic E-state index is 0.280. The highest BCUT2D eigenvalue weighted by Crippen LogP contribution is 2.30. The number of thiophene rings is 1. The molecule has 0 bridgehead atoms. The molecule has 0 spiro atoms. The number of rotatable bonds is 3. The maximum absolute atomic E-state index is 12.9. The maximum atomic E-state index is 12.9. The van der Waals surface area contributed by atoms with Crippen molar-refractivity contribution in [1.82, 2.24) is 4.90 Å². The van der Waals surface area contributed by atoms with E-state index in [1.807, 2.05) is 0 Å². The van der Waals surface area contributed by atoms with Crippen molar-refractivity contribution in [1.29, 1.82) is 0 Å². The highest BCUT2D eigenvalue weighted by Gasteiger charge is 2.28. The van der Waals surface area contributed by atoms with Gasteiger partial charge in [-0.3, -0.25) is 4.79 Å². The Morgan fingerprint density at radius 1 is 1.08 bits per heavy atom. The SMILES string of the molecule is O=C(c1scc2c1CCCC2)N1CC[NH+](Cc2ccccc2)CC1. The molecule has 1 aliphatic heterocycles. The average molecular weight is 342 g/mol. The van der Waals surface area contributed by atoms with Crippen LogP contribution in [0.1, 0.15) is 39.2 Å². The summed E-state index contributed by atoms with van der Waals surface area (Å²) in [6, 6.07) is 10.7. The van der Waals surface area contributed by atoms with Crippen molar-refractivity contribution in [3.8, 4) is 0 Å². The third kappa shape index (κ3) is 3.26. The Morgan fingerprint density at radius 2 is 1.83 bits per heavy atom. The van der Waals surface area contributed by atoms with Gasteiger partial charge in [0.1, 0.15) is 6.54 Å². The zero-order chi connectivity index (χ0) is 16.4. The molecule has 1 fully saturated rings. The Kier molecular flexibility index (Phi) is 4.67. The van der Waals surface area contributed by atoms with Gasteiger partial charge in [-0.05, 0) is 42.2 Å². The Hall–Kier alpha value is -1.65. The number of hydrogen-bond donors (Lipinski definition) is 1. The molecule has 2 aliphatic rings. The summed E-state index contributed by atoms with van der Waals surface area (Å²) in [5, 5.41) is 2.22. The van der Waals surface area contributed by atoms with E-state index in [1.165, 1.54) is 29.5 Å². The van der Waals surface area contributed by atoms with Gasteiger partial charge in [-0.1, -0.05) is 30.3 Å². The first-order valence-electron chi connectivity index (χ1n) is 9.07. The van der Waals surface area contributed by atoms with E-state index in [2.05, 4.69) is 40.6 Å². The molecule has 4 rings (SSSR count). The van der Waals surface area contributed by atoms with E-state index in [-0.39, 0.29) is 5.91 Å². The first-order valence-corrected chi connectivity index (χ1v) is 9.95. The second kappa shape index (κ2) is 7.08. The van der Waals surface area contributed by atoms with E-state index in [0.717, 1.165) is 50.4 Å². The molecule has 1 N–H and O–H groups in total. The Bertz CT molecular complexity index is 702. The highest BCUT2D eigenvalue weighted by atomic mass is 32.1. The van der Waals surface area contributed by atoms with Crippen LogP contribution in [0.15, 0.2) is 35.7 Å². The van der Waals surface area contributed by atoms with E-state index in [1.54, 1.807) is 16.2 Å². The number of benzene rings is 1. The first-order chi connectivity index (χ1) is 11.8. The van der Waals surface area contributed by atoms with Crippen LogP contribution in [0.2, 0.25) is 0 Å². The lowest BCUT2D eigenvalue weighted by Crippen LogP contribution is -3.13. The quantitative estimate of drug-likeness (QED) is 0.909. The lowest BCUT2D eigenvalue weighted by molar-refractivity contribution is -0.917. The summed E-state index contributed by atoms with van der Waals surface area (Å²) in [4.78, 5) is 17.6. The molecule has 1 amide bonds. The van der Waals surface area contributed by atoms with Gasteiger partial charge in [-0.15, -0.1) is 11.3 Å². The summed E-state index contributed by atoms with van der Waals surface area (Å²) in [6.45, 7) is 4.93. The van der Waals surface area contributed by atoms with Crippen LogP contribution in [0.25, 0.3) is 0 Å². The highest BCUT2D eigenvalue weighted by molar-refractivity contribution is 7.12. The molecular formula is C20H25N2OS+. The normalized spacial score (nSPS) is 18.4. The van der Waals surface area contributed by atoms with Crippen LogP contribution in [-0.2, 0) is 19.4 Å². The molecular weight excluding hydrogens is 316 g/mol. The van der Waals surface area contributed by atoms with Crippen LogP contribution in [0.5, 0.6) is 0 Å². The van der Waals surface area contributed by atoms with Crippen molar-refractivity contribution < 1.29 is 9.69 Å². The smallest absolute Gasteiger partial charge is 0.264 e. The largest absolute Gasteiger partial charge is 0.328 e. The number of quaternary nitrogens is 1. The first kappa shape index (κ1) is 15.9. The van der Waals surface area contributed by atoms with Crippen LogP contribution < -0.4 is 4.90 Å². The standard InChI is InChI=1S/C20H24N2OS/c23-20(19-18-9-5-4-8-17(18)15-24-19)22-12-10-21(11-13-22)14-16-6-2-1-3-7-16/h1-3,6-7,15H,4-5,8-14H2/p+1. The molecule has 0 unspecified atom stereocenters. The molecule has 1 aromatic heterocycles. The summed E-state index contributed by atoms with van der Waals surface area (Å²) in [5.74, 6) is 0.280. The molecule has 4 heteroatoms. The molecule has 0 radical (unpaired) electrons. The number of piperazine rings is 1. The van der Waals surface area contributed by atoms with Gasteiger partial charge in [0.2, 0.25) is 0 Å². The predicted octanol–water partition coefficient (Wildman–Crippen LogP) is 2.17. The van der Waals surface area contributed by atoms with Gasteiger partial charge in [0.25, 0.3) is 5.91 Å². The van der Waals surface area contributed by atoms with Gasteiger partial charge in [-0.2, -0.15) is 0 Å². The molecule has 2 aromatic rings. The lowest BCUT2D eigenvalue weighted by atomic mass is 9.93. The van der Waals surface area contributed by atoms with Crippen molar-refractivity contribution >= 4 is 17.2 Å². The van der Waals surface area contributed by atoms with E-state index < -0.39 is 0 Å². The van der Waals surface area contributed by atoms with E-state index in [0.29, 0.717) is 0 Å². The number of fused-ring (bicyclic) bond motifs is 1. The third-order valence-electron chi connectivity index (χ3n) is 5.35. The number of nitrogens with one attached hydrogen (secondary N) is 1. The molecule has 3 nitrogen and oxygen atoms in total. The Balaban J connectivity index is 1.37. The summed E-state index contributed by atoms with van der Waals surface area (Å²) in [7, 11) is 0. The van der Waals surface area contributed by atoms with Gasteiger partial charge in [-0.25, -0.2) is 0 Å². The molecule has 0 saturated carbocycles. The van der Waals surface area contributed by atoms with Crippen molar-refractivity contribution in [3.05, 3.63) is 57.3 Å². The van der Waals surface area contributed by atoms with Gasteiger partial charge in [0, 0.05) is 5.56 Å². The fourth-order valence-corrected chi connectivity index (χ4v) is 5.06. The zero-order valence-electron chi connectivity index (χ0n) is 14.1. The number of aryl methyl sites for hydroxylation is 1. The second-order valence-corrected chi connectivity index (χ2v) is 7.86. The van der Waals surface area contributed by atoms with Crippen LogP contribution in [-0.4, -0.2) is 37.0 Å². The van der Waals surface area contributed by atoms with E-state index in [4.69, 9.17) is 0 Å². The summed E-state index contributed by atoms with van der Waals surface area (Å²) >= 11 is 1.67. The van der Waals surface area contributed by atoms with Gasteiger partial charge >= 0.3 is 0 Å². The van der Waals surface area contributed by atoms with Crippen LogP contribution in [0.3, 0.4) is 0 Å². The van der Waals surface area contributed by atoms with E-state index in [9.17, 15) is 4.79 Å². The van der Waals surface area contributed by atoms with E-state index >= 15 is 0 Å². The number of amides is 1. The van der Waals surface area contributed by atoms with Crippen molar-refractivity contribution in [2.24, 2.45) is 0 Å². The molecule has 2 heterocycles. The number of hydrogen-bond acceptors (Lipinski definition) is 2. The average Bonchev–Trinajstić information content (AvgIpc) is 3.07. The van der Waals surface area contributed by atoms with Crippen LogP contribution >= 0.6 is 11.3 Å². The van der Waals surface area contributed by atoms with Crippen molar-refractivity contribution in [3.63, 3.8) is 0 Å². The van der Waals surface area contributed by atoms with Gasteiger partial charge in [0.15, 0.2) is 0 Å². The minimum absolute atomic E-state index is 0.280. The number of nitrogens with zero attached hydrogens (tertiary/aromatic N) is 1. The minimum Gasteiger partial charge on any atom is -0.328 e. The molecule has 1 saturated heterocycles. The summed E-state index contributed by atoms with van der Waals surface area (Å²) in [6.07, 6.45) is 4.77. The third-order valence-corrected chi connectivity index (χ3v) is 6.41. The lowest BCUT2D eigenvalue weighted by Gasteiger charge is -2.32. The number of carbonyl (C=O) groups excluding carboxylic acids is 1. The Morgan fingerprint density at radius 3 is 2.62 bits per heavy atom. The zero-order valence-corrected chi connectivity index (χ0v) is 14.9. The van der Waals surface area contributed by atoms with Crippen LogP contribution in [0.4, 0.5) is 0 Å². The summed E-state index contributed by atoms with van der Waals surface area (Å²) < 4.78 is 0. The van der Waals surface area contributed by atoms with Crippen molar-refractivity contribution in [2.45, 2.75) is 32.2 Å². The molecule has 0 atom stereocenters. The Labute approximate surface area is 147 Å².